The van der Waals surface area contributed by atoms with E-state index in [0.29, 0.717) is 0 Å². The van der Waals surface area contributed by atoms with Gasteiger partial charge in [0.25, 0.3) is 0 Å². The zero-order chi connectivity index (χ0) is 7.49. The maximum Gasteiger partial charge on any atom is 0.220 e. The van der Waals surface area contributed by atoms with Crippen LogP contribution in [0, 0.1) is 0 Å². The number of hydrogen-bond acceptors (Lipinski definition) is 2. The number of halogens is 2. The van der Waals surface area contributed by atoms with Gasteiger partial charge < -0.3 is 10.8 Å². The third-order valence-corrected chi connectivity index (χ3v) is 0.843. The van der Waals surface area contributed by atoms with E-state index in [-0.39, 0.29) is 18.8 Å². The van der Waals surface area contributed by atoms with Crippen LogP contribution < -0.4 is 5.73 Å². The Balaban J connectivity index is 0. The minimum Gasteiger partial charge on any atom is -0.387 e. The van der Waals surface area contributed by atoms with Crippen molar-refractivity contribution in [2.75, 3.05) is 6.67 Å². The molecule has 0 aromatic carbocycles. The first-order valence-electron chi connectivity index (χ1n) is 2.54. The molecule has 3 N–H and O–H groups in total. The minimum atomic E-state index is -1.58. The number of alkyl halides is 1. The lowest BCUT2D eigenvalue weighted by Gasteiger charge is -2.15. The lowest BCUT2D eigenvalue weighted by atomic mass is 10.1. The standard InChI is InChI=1S/C5H10FNO2.ClH/c1-5(9,3-6)2-4(7)8;/h9H,2-3H2,1H3,(H2,7,8);1H. The first-order chi connectivity index (χ1) is 3.98. The summed E-state index contributed by atoms with van der Waals surface area (Å²) in [6, 6.07) is 0. The van der Waals surface area contributed by atoms with Gasteiger partial charge in [0.1, 0.15) is 6.67 Å². The monoisotopic (exact) mass is 171 g/mol. The number of aliphatic hydroxyl groups is 1. The third kappa shape index (κ3) is 5.78. The molecular formula is C5H11ClFNO2. The molecule has 0 radical (unpaired) electrons. The summed E-state index contributed by atoms with van der Waals surface area (Å²) in [6.07, 6.45) is -0.330. The SMILES string of the molecule is CC(O)(CF)CC(N)=O.Cl. The van der Waals surface area contributed by atoms with Gasteiger partial charge in [-0.25, -0.2) is 4.39 Å². The van der Waals surface area contributed by atoms with Gasteiger partial charge in [-0.2, -0.15) is 0 Å². The van der Waals surface area contributed by atoms with Crippen molar-refractivity contribution in [3.8, 4) is 0 Å². The van der Waals surface area contributed by atoms with Crippen molar-refractivity contribution < 1.29 is 14.3 Å². The van der Waals surface area contributed by atoms with Crippen LogP contribution in [0.2, 0.25) is 0 Å². The molecule has 0 rings (SSSR count). The van der Waals surface area contributed by atoms with Crippen LogP contribution in [-0.2, 0) is 4.79 Å². The molecule has 3 nitrogen and oxygen atoms in total. The molecule has 5 heteroatoms. The molecule has 10 heavy (non-hydrogen) atoms. The van der Waals surface area contributed by atoms with Crippen LogP contribution in [0.25, 0.3) is 0 Å². The second-order valence-corrected chi connectivity index (χ2v) is 2.27. The molecule has 0 fully saturated rings. The fraction of sp³-hybridized carbons (Fsp3) is 0.800. The van der Waals surface area contributed by atoms with Crippen LogP contribution in [0.4, 0.5) is 4.39 Å². The summed E-state index contributed by atoms with van der Waals surface area (Å²) in [7, 11) is 0. The predicted molar refractivity (Wildman–Crippen MR) is 37.7 cm³/mol. The first kappa shape index (κ1) is 12.3. The van der Waals surface area contributed by atoms with Crippen LogP contribution in [0.1, 0.15) is 13.3 Å². The highest BCUT2D eigenvalue weighted by molar-refractivity contribution is 5.85. The topological polar surface area (TPSA) is 63.3 Å². The summed E-state index contributed by atoms with van der Waals surface area (Å²) in [6.45, 7) is 0.272. The van der Waals surface area contributed by atoms with Crippen molar-refractivity contribution in [1.82, 2.24) is 0 Å². The minimum absolute atomic E-state index is 0. The van der Waals surface area contributed by atoms with Crippen molar-refractivity contribution in [2.45, 2.75) is 18.9 Å². The number of hydrogen-bond donors (Lipinski definition) is 2. The summed E-state index contributed by atoms with van der Waals surface area (Å²) in [4.78, 5) is 10.1. The molecule has 0 saturated carbocycles. The van der Waals surface area contributed by atoms with Gasteiger partial charge in [0.15, 0.2) is 0 Å². The fourth-order valence-corrected chi connectivity index (χ4v) is 0.423. The lowest BCUT2D eigenvalue weighted by molar-refractivity contribution is -0.122. The molecule has 62 valence electrons. The average molecular weight is 172 g/mol. The molecule has 0 aromatic rings. The maximum atomic E-state index is 11.7. The Labute approximate surface area is 64.8 Å². The predicted octanol–water partition coefficient (Wildman–Crippen LogP) is 0.00410. The Hall–Kier alpha value is -0.350. The molecule has 0 aliphatic rings. The summed E-state index contributed by atoms with van der Waals surface area (Å²) in [5, 5.41) is 8.82. The number of carbonyl (C=O) groups excluding carboxylic acids is 1. The molecule has 0 heterocycles. The van der Waals surface area contributed by atoms with Gasteiger partial charge in [-0.1, -0.05) is 0 Å². The quantitative estimate of drug-likeness (QED) is 0.628. The highest BCUT2D eigenvalue weighted by atomic mass is 35.5. The van der Waals surface area contributed by atoms with E-state index in [1.165, 1.54) is 6.92 Å². The Bertz CT molecular complexity index is 118. The maximum absolute atomic E-state index is 11.7. The van der Waals surface area contributed by atoms with Crippen LogP contribution >= 0.6 is 12.4 Å². The zero-order valence-electron chi connectivity index (χ0n) is 5.63. The summed E-state index contributed by atoms with van der Waals surface area (Å²) in [5.41, 5.74) is 3.11. The van der Waals surface area contributed by atoms with Crippen LogP contribution in [0.3, 0.4) is 0 Å². The molecular weight excluding hydrogens is 161 g/mol. The van der Waals surface area contributed by atoms with Gasteiger partial charge >= 0.3 is 0 Å². The average Bonchev–Trinajstić information content (AvgIpc) is 1.63. The van der Waals surface area contributed by atoms with E-state index in [1.54, 1.807) is 0 Å². The van der Waals surface area contributed by atoms with E-state index in [4.69, 9.17) is 5.11 Å². The second kappa shape index (κ2) is 4.46. The normalized spacial score (nSPS) is 15.1. The third-order valence-electron chi connectivity index (χ3n) is 0.843. The Morgan fingerprint density at radius 3 is 2.30 bits per heavy atom. The van der Waals surface area contributed by atoms with Gasteiger partial charge in [-0.3, -0.25) is 4.79 Å². The van der Waals surface area contributed by atoms with Gasteiger partial charge in [0, 0.05) is 0 Å². The van der Waals surface area contributed by atoms with Gasteiger partial charge in [-0.15, -0.1) is 12.4 Å². The van der Waals surface area contributed by atoms with Crippen molar-refractivity contribution in [2.24, 2.45) is 5.73 Å². The van der Waals surface area contributed by atoms with Crippen LogP contribution in [0.5, 0.6) is 0 Å². The number of carbonyl (C=O) groups is 1. The lowest BCUT2D eigenvalue weighted by Crippen LogP contribution is -2.33. The van der Waals surface area contributed by atoms with Gasteiger partial charge in [0.05, 0.1) is 12.0 Å². The smallest absolute Gasteiger partial charge is 0.220 e. The second-order valence-electron chi connectivity index (χ2n) is 2.27. The molecule has 1 atom stereocenters. The van der Waals surface area contributed by atoms with Crippen molar-refractivity contribution in [3.05, 3.63) is 0 Å². The molecule has 0 saturated heterocycles. The van der Waals surface area contributed by atoms with E-state index in [9.17, 15) is 9.18 Å². The Morgan fingerprint density at radius 2 is 2.20 bits per heavy atom. The molecule has 0 aliphatic carbocycles. The molecule has 0 aliphatic heterocycles. The first-order valence-corrected chi connectivity index (χ1v) is 2.54. The number of nitrogens with two attached hydrogens (primary N) is 1. The Kier molecular flexibility index (Phi) is 5.51. The number of primary amides is 1. The molecule has 1 amide bonds. The largest absolute Gasteiger partial charge is 0.387 e. The molecule has 1 unspecified atom stereocenters. The fourth-order valence-electron chi connectivity index (χ4n) is 0.423. The number of rotatable bonds is 3. The highest BCUT2D eigenvalue weighted by Crippen LogP contribution is 2.07. The summed E-state index contributed by atoms with van der Waals surface area (Å²) >= 11 is 0. The Morgan fingerprint density at radius 1 is 1.80 bits per heavy atom. The highest BCUT2D eigenvalue weighted by Gasteiger charge is 2.22. The van der Waals surface area contributed by atoms with Crippen LogP contribution in [-0.4, -0.2) is 23.3 Å². The zero-order valence-corrected chi connectivity index (χ0v) is 6.45. The molecule has 0 spiro atoms. The van der Waals surface area contributed by atoms with E-state index < -0.39 is 18.2 Å². The van der Waals surface area contributed by atoms with E-state index >= 15 is 0 Å². The van der Waals surface area contributed by atoms with Crippen LogP contribution in [0.15, 0.2) is 0 Å². The van der Waals surface area contributed by atoms with Crippen molar-refractivity contribution >= 4 is 18.3 Å². The van der Waals surface area contributed by atoms with Crippen molar-refractivity contribution in [1.29, 1.82) is 0 Å². The van der Waals surface area contributed by atoms with E-state index in [1.807, 2.05) is 0 Å². The summed E-state index contributed by atoms with van der Waals surface area (Å²) in [5.74, 6) is -0.697. The van der Waals surface area contributed by atoms with E-state index in [2.05, 4.69) is 5.73 Å². The molecule has 0 bridgehead atoms. The summed E-state index contributed by atoms with van der Waals surface area (Å²) < 4.78 is 11.7. The van der Waals surface area contributed by atoms with Crippen molar-refractivity contribution in [3.63, 3.8) is 0 Å². The molecule has 0 aromatic heterocycles. The van der Waals surface area contributed by atoms with E-state index in [0.717, 1.165) is 0 Å². The van der Waals surface area contributed by atoms with Gasteiger partial charge in [-0.05, 0) is 6.92 Å². The van der Waals surface area contributed by atoms with Gasteiger partial charge in [0.2, 0.25) is 5.91 Å². The number of amides is 1.